The summed E-state index contributed by atoms with van der Waals surface area (Å²) in [4.78, 5) is -0.796. The predicted molar refractivity (Wildman–Crippen MR) is 63.0 cm³/mol. The molecule has 0 atom stereocenters. The van der Waals surface area contributed by atoms with E-state index in [1.54, 1.807) is 0 Å². The van der Waals surface area contributed by atoms with Crippen LogP contribution in [0.5, 0.6) is 0 Å². The Morgan fingerprint density at radius 1 is 1.05 bits per heavy atom. The van der Waals surface area contributed by atoms with Gasteiger partial charge < -0.3 is 0 Å². The van der Waals surface area contributed by atoms with Crippen LogP contribution in [0.15, 0.2) is 52.3 Å². The van der Waals surface area contributed by atoms with Gasteiger partial charge in [-0.3, -0.25) is 0 Å². The van der Waals surface area contributed by atoms with Crippen LogP contribution in [0.4, 0.5) is 8.78 Å². The first-order valence-corrected chi connectivity index (χ1v) is 6.64. The van der Waals surface area contributed by atoms with Gasteiger partial charge in [-0.25, -0.2) is 17.2 Å². The Kier molecular flexibility index (Phi) is 3.32. The highest BCUT2D eigenvalue weighted by Gasteiger charge is 2.23. The number of hydrogen-bond donors (Lipinski definition) is 0. The quantitative estimate of drug-likeness (QED) is 0.849. The Hall–Kier alpha value is -2.26. The summed E-state index contributed by atoms with van der Waals surface area (Å²) in [5.74, 6) is -1.66. The van der Waals surface area contributed by atoms with Gasteiger partial charge in [0.25, 0.3) is 0 Å². The molecule has 0 aromatic heterocycles. The third-order valence-corrected chi connectivity index (χ3v) is 4.28. The van der Waals surface area contributed by atoms with Crippen LogP contribution < -0.4 is 0 Å². The minimum Gasteiger partial charge on any atom is -0.218 e. The highest BCUT2D eigenvalue weighted by molar-refractivity contribution is 7.91. The highest BCUT2D eigenvalue weighted by Crippen LogP contribution is 2.25. The minimum absolute atomic E-state index is 0.324. The van der Waals surface area contributed by atoms with Crippen molar-refractivity contribution in [2.75, 3.05) is 0 Å². The lowest BCUT2D eigenvalue weighted by atomic mass is 10.2. The molecule has 0 heterocycles. The van der Waals surface area contributed by atoms with Gasteiger partial charge in [-0.1, -0.05) is 12.1 Å². The summed E-state index contributed by atoms with van der Waals surface area (Å²) in [7, 11) is -4.13. The Morgan fingerprint density at radius 3 is 2.37 bits per heavy atom. The summed E-state index contributed by atoms with van der Waals surface area (Å²) in [6.07, 6.45) is 0. The van der Waals surface area contributed by atoms with E-state index in [2.05, 4.69) is 0 Å². The molecule has 19 heavy (non-hydrogen) atoms. The number of hydrogen-bond acceptors (Lipinski definition) is 3. The molecule has 2 rings (SSSR count). The van der Waals surface area contributed by atoms with Crippen molar-refractivity contribution < 1.29 is 17.2 Å². The SMILES string of the molecule is N#Cc1c(F)cccc1S(=O)(=O)c1cccc(F)c1. The topological polar surface area (TPSA) is 57.9 Å². The van der Waals surface area contributed by atoms with E-state index in [1.807, 2.05) is 0 Å². The number of nitrogens with zero attached hydrogens (tertiary/aromatic N) is 1. The summed E-state index contributed by atoms with van der Waals surface area (Å²) in [6.45, 7) is 0. The van der Waals surface area contributed by atoms with Crippen LogP contribution in [0.2, 0.25) is 0 Å². The van der Waals surface area contributed by atoms with Gasteiger partial charge in [0.2, 0.25) is 9.84 Å². The van der Waals surface area contributed by atoms with Crippen molar-refractivity contribution in [3.8, 4) is 6.07 Å². The second-order valence-electron chi connectivity index (χ2n) is 3.69. The van der Waals surface area contributed by atoms with Crippen LogP contribution in [0.25, 0.3) is 0 Å². The van der Waals surface area contributed by atoms with E-state index in [0.717, 1.165) is 24.3 Å². The Morgan fingerprint density at radius 2 is 1.74 bits per heavy atom. The van der Waals surface area contributed by atoms with Crippen LogP contribution in [0, 0.1) is 23.0 Å². The smallest absolute Gasteiger partial charge is 0.208 e. The molecule has 0 saturated carbocycles. The van der Waals surface area contributed by atoms with E-state index in [-0.39, 0.29) is 4.90 Å². The predicted octanol–water partition coefficient (Wildman–Crippen LogP) is 2.67. The van der Waals surface area contributed by atoms with Crippen molar-refractivity contribution >= 4 is 9.84 Å². The van der Waals surface area contributed by atoms with Crippen LogP contribution >= 0.6 is 0 Å². The normalized spacial score (nSPS) is 11.0. The maximum Gasteiger partial charge on any atom is 0.208 e. The van der Waals surface area contributed by atoms with Gasteiger partial charge in [-0.2, -0.15) is 5.26 Å². The molecule has 3 nitrogen and oxygen atoms in total. The minimum atomic E-state index is -4.13. The summed E-state index contributed by atoms with van der Waals surface area (Å²) in [5, 5.41) is 8.84. The molecule has 6 heteroatoms. The molecular formula is C13H7F2NO2S. The largest absolute Gasteiger partial charge is 0.218 e. The monoisotopic (exact) mass is 279 g/mol. The third-order valence-electron chi connectivity index (χ3n) is 2.48. The Labute approximate surface area is 108 Å². The number of halogens is 2. The first kappa shape index (κ1) is 13.2. The van der Waals surface area contributed by atoms with Gasteiger partial charge >= 0.3 is 0 Å². The van der Waals surface area contributed by atoms with Gasteiger partial charge in [-0.05, 0) is 30.3 Å². The molecule has 0 aliphatic rings. The summed E-state index contributed by atoms with van der Waals surface area (Å²) >= 11 is 0. The molecule has 0 saturated heterocycles. The zero-order chi connectivity index (χ0) is 14.0. The van der Waals surface area contributed by atoms with E-state index in [4.69, 9.17) is 5.26 Å². The molecule has 0 bridgehead atoms. The third kappa shape index (κ3) is 2.33. The molecule has 0 unspecified atom stereocenters. The molecule has 0 aliphatic carbocycles. The summed E-state index contributed by atoms with van der Waals surface area (Å²) in [5.41, 5.74) is -0.577. The fourth-order valence-corrected chi connectivity index (χ4v) is 3.05. The van der Waals surface area contributed by atoms with E-state index >= 15 is 0 Å². The standard InChI is InChI=1S/C13H7F2NO2S/c14-9-3-1-4-10(7-9)19(17,18)13-6-2-5-12(15)11(13)8-16/h1-7H. The average Bonchev–Trinajstić information content (AvgIpc) is 2.38. The molecule has 2 aromatic carbocycles. The average molecular weight is 279 g/mol. The summed E-state index contributed by atoms with van der Waals surface area (Å²) < 4.78 is 51.0. The van der Waals surface area contributed by atoms with Crippen molar-refractivity contribution in [1.29, 1.82) is 5.26 Å². The second kappa shape index (κ2) is 4.78. The lowest BCUT2D eigenvalue weighted by Gasteiger charge is -2.06. The van der Waals surface area contributed by atoms with Crippen molar-refractivity contribution in [3.05, 3.63) is 59.7 Å². The van der Waals surface area contributed by atoms with Crippen molar-refractivity contribution in [1.82, 2.24) is 0 Å². The fraction of sp³-hybridized carbons (Fsp3) is 0. The second-order valence-corrected chi connectivity index (χ2v) is 5.60. The summed E-state index contributed by atoms with van der Waals surface area (Å²) in [6, 6.07) is 9.12. The van der Waals surface area contributed by atoms with E-state index in [1.165, 1.54) is 24.3 Å². The molecule has 0 N–H and O–H groups in total. The van der Waals surface area contributed by atoms with Gasteiger partial charge in [0.05, 0.1) is 9.79 Å². The van der Waals surface area contributed by atoms with Crippen LogP contribution in [-0.2, 0) is 9.84 Å². The van der Waals surface area contributed by atoms with Crippen LogP contribution in [-0.4, -0.2) is 8.42 Å². The number of nitriles is 1. The molecule has 0 radical (unpaired) electrons. The lowest BCUT2D eigenvalue weighted by molar-refractivity contribution is 0.585. The van der Waals surface area contributed by atoms with Crippen molar-refractivity contribution in [2.45, 2.75) is 9.79 Å². The maximum absolute atomic E-state index is 13.4. The van der Waals surface area contributed by atoms with Crippen LogP contribution in [0.3, 0.4) is 0 Å². The molecule has 0 aliphatic heterocycles. The zero-order valence-corrected chi connectivity index (χ0v) is 10.3. The van der Waals surface area contributed by atoms with Gasteiger partial charge in [0.1, 0.15) is 23.3 Å². The molecular weight excluding hydrogens is 272 g/mol. The van der Waals surface area contributed by atoms with Crippen LogP contribution in [0.1, 0.15) is 5.56 Å². The number of benzene rings is 2. The Bertz CT molecular complexity index is 779. The molecule has 0 amide bonds. The van der Waals surface area contributed by atoms with E-state index in [9.17, 15) is 17.2 Å². The number of rotatable bonds is 2. The Balaban J connectivity index is 2.72. The van der Waals surface area contributed by atoms with E-state index < -0.39 is 31.9 Å². The number of sulfone groups is 1. The lowest BCUT2D eigenvalue weighted by Crippen LogP contribution is -2.06. The van der Waals surface area contributed by atoms with Crippen molar-refractivity contribution in [2.24, 2.45) is 0 Å². The fourth-order valence-electron chi connectivity index (χ4n) is 1.60. The van der Waals surface area contributed by atoms with Gasteiger partial charge in [0.15, 0.2) is 0 Å². The molecule has 2 aromatic rings. The molecule has 0 fully saturated rings. The molecule has 0 spiro atoms. The molecule has 96 valence electrons. The van der Waals surface area contributed by atoms with Gasteiger partial charge in [0, 0.05) is 0 Å². The van der Waals surface area contributed by atoms with Gasteiger partial charge in [-0.15, -0.1) is 0 Å². The van der Waals surface area contributed by atoms with Crippen molar-refractivity contribution in [3.63, 3.8) is 0 Å². The first-order valence-electron chi connectivity index (χ1n) is 5.16. The maximum atomic E-state index is 13.4. The highest BCUT2D eigenvalue weighted by atomic mass is 32.2. The zero-order valence-electron chi connectivity index (χ0n) is 9.47. The van der Waals surface area contributed by atoms with E-state index in [0.29, 0.717) is 0 Å². The first-order chi connectivity index (χ1) is 8.96.